The monoisotopic (exact) mass is 330 g/mol. The summed E-state index contributed by atoms with van der Waals surface area (Å²) in [4.78, 5) is 13.6. The second-order valence-electron chi connectivity index (χ2n) is 5.83. The molecule has 1 N–H and O–H groups in total. The maximum absolute atomic E-state index is 12.4. The predicted octanol–water partition coefficient (Wildman–Crippen LogP) is 2.31. The van der Waals surface area contributed by atoms with Gasteiger partial charge in [0.05, 0.1) is 11.3 Å². The number of nitrogens with one attached hydrogen (secondary N) is 1. The van der Waals surface area contributed by atoms with Crippen LogP contribution in [0.5, 0.6) is 0 Å². The van der Waals surface area contributed by atoms with E-state index < -0.39 is 10.0 Å². The highest BCUT2D eigenvalue weighted by Gasteiger charge is 2.21. The maximum atomic E-state index is 12.4. The summed E-state index contributed by atoms with van der Waals surface area (Å²) in [6.07, 6.45) is 0.358. The number of anilines is 1. The van der Waals surface area contributed by atoms with Gasteiger partial charge < -0.3 is 4.90 Å². The number of benzene rings is 2. The van der Waals surface area contributed by atoms with E-state index in [2.05, 4.69) is 4.72 Å². The fourth-order valence-electron chi connectivity index (χ4n) is 2.58. The van der Waals surface area contributed by atoms with Crippen molar-refractivity contribution < 1.29 is 13.2 Å². The Morgan fingerprint density at radius 2 is 1.74 bits per heavy atom. The van der Waals surface area contributed by atoms with Crippen molar-refractivity contribution in [2.45, 2.75) is 24.8 Å². The molecule has 1 amide bonds. The van der Waals surface area contributed by atoms with Crippen molar-refractivity contribution in [1.82, 2.24) is 4.90 Å². The average Bonchev–Trinajstić information content (AvgIpc) is 2.49. The molecule has 0 radical (unpaired) electrons. The fraction of sp³-hybridized carbons (Fsp3) is 0.235. The Hall–Kier alpha value is -2.34. The number of hydrogen-bond donors (Lipinski definition) is 1. The molecule has 120 valence electrons. The average molecular weight is 330 g/mol. The molecule has 1 heterocycles. The van der Waals surface area contributed by atoms with Crippen LogP contribution in [-0.2, 0) is 27.8 Å². The first-order chi connectivity index (χ1) is 10.8. The molecule has 23 heavy (non-hydrogen) atoms. The number of sulfonamides is 1. The third-order valence-electron chi connectivity index (χ3n) is 3.96. The Balaban J connectivity index is 1.87. The van der Waals surface area contributed by atoms with Crippen LogP contribution in [0.15, 0.2) is 47.4 Å². The minimum absolute atomic E-state index is 0.0745. The molecule has 1 aliphatic heterocycles. The van der Waals surface area contributed by atoms with Crippen molar-refractivity contribution in [3.63, 3.8) is 0 Å². The van der Waals surface area contributed by atoms with Gasteiger partial charge in [-0.3, -0.25) is 9.52 Å². The lowest BCUT2D eigenvalue weighted by Crippen LogP contribution is -2.32. The van der Waals surface area contributed by atoms with Crippen LogP contribution < -0.4 is 4.72 Å². The van der Waals surface area contributed by atoms with Crippen LogP contribution in [0.25, 0.3) is 0 Å². The molecule has 0 fully saturated rings. The molecule has 0 aromatic heterocycles. The molecule has 0 aliphatic carbocycles. The van der Waals surface area contributed by atoms with Crippen molar-refractivity contribution in [3.05, 3.63) is 59.2 Å². The zero-order chi connectivity index (χ0) is 16.6. The fourth-order valence-corrected chi connectivity index (χ4v) is 3.63. The molecule has 0 saturated carbocycles. The summed E-state index contributed by atoms with van der Waals surface area (Å²) in [6.45, 7) is 2.40. The van der Waals surface area contributed by atoms with Crippen LogP contribution in [-0.4, -0.2) is 26.3 Å². The van der Waals surface area contributed by atoms with Gasteiger partial charge in [-0.25, -0.2) is 8.42 Å². The highest BCUT2D eigenvalue weighted by molar-refractivity contribution is 7.92. The standard InChI is InChI=1S/C17H18N2O3S/c1-12-3-7-16(8-4-12)23(21,22)18-15-6-5-13-10-17(20)19(2)11-14(13)9-15/h3-9,18H,10-11H2,1-2H3. The number of aryl methyl sites for hydroxylation is 1. The smallest absolute Gasteiger partial charge is 0.261 e. The number of likely N-dealkylation sites (N-methyl/N-ethyl adjacent to an activating group) is 1. The van der Waals surface area contributed by atoms with Gasteiger partial charge in [0.2, 0.25) is 5.91 Å². The zero-order valence-corrected chi connectivity index (χ0v) is 13.9. The highest BCUT2D eigenvalue weighted by atomic mass is 32.2. The number of nitrogens with zero attached hydrogens (tertiary/aromatic N) is 1. The molecule has 6 heteroatoms. The number of fused-ring (bicyclic) bond motifs is 1. The SMILES string of the molecule is Cc1ccc(S(=O)(=O)Nc2ccc3c(c2)CN(C)C(=O)C3)cc1. The first kappa shape index (κ1) is 15.6. The largest absolute Gasteiger partial charge is 0.341 e. The Kier molecular flexibility index (Phi) is 3.85. The molecule has 1 aliphatic rings. The molecule has 2 aromatic rings. The summed E-state index contributed by atoms with van der Waals surface area (Å²) >= 11 is 0. The second-order valence-corrected chi connectivity index (χ2v) is 7.51. The lowest BCUT2D eigenvalue weighted by atomic mass is 9.99. The van der Waals surface area contributed by atoms with Gasteiger partial charge in [-0.1, -0.05) is 23.8 Å². The minimum atomic E-state index is -3.61. The Labute approximate surface area is 136 Å². The number of carbonyl (C=O) groups is 1. The Morgan fingerprint density at radius 1 is 1.04 bits per heavy atom. The van der Waals surface area contributed by atoms with Crippen molar-refractivity contribution in [3.8, 4) is 0 Å². The minimum Gasteiger partial charge on any atom is -0.341 e. The normalized spacial score (nSPS) is 14.5. The Morgan fingerprint density at radius 3 is 2.43 bits per heavy atom. The molecular weight excluding hydrogens is 312 g/mol. The molecule has 0 atom stereocenters. The number of amides is 1. The molecule has 5 nitrogen and oxygen atoms in total. The predicted molar refractivity (Wildman–Crippen MR) is 88.6 cm³/mol. The van der Waals surface area contributed by atoms with Crippen LogP contribution in [0, 0.1) is 6.92 Å². The third-order valence-corrected chi connectivity index (χ3v) is 5.36. The van der Waals surface area contributed by atoms with E-state index in [1.807, 2.05) is 13.0 Å². The lowest BCUT2D eigenvalue weighted by molar-refractivity contribution is -0.130. The summed E-state index contributed by atoms with van der Waals surface area (Å²) in [5.41, 5.74) is 3.43. The molecule has 0 unspecified atom stereocenters. The van der Waals surface area contributed by atoms with E-state index in [1.54, 1.807) is 48.3 Å². The summed E-state index contributed by atoms with van der Waals surface area (Å²) in [6, 6.07) is 12.0. The topological polar surface area (TPSA) is 66.5 Å². The zero-order valence-electron chi connectivity index (χ0n) is 13.0. The van der Waals surface area contributed by atoms with Crippen LogP contribution >= 0.6 is 0 Å². The second kappa shape index (κ2) is 5.70. The van der Waals surface area contributed by atoms with E-state index in [0.29, 0.717) is 18.7 Å². The van der Waals surface area contributed by atoms with E-state index in [4.69, 9.17) is 0 Å². The van der Waals surface area contributed by atoms with E-state index in [-0.39, 0.29) is 10.8 Å². The first-order valence-electron chi connectivity index (χ1n) is 7.30. The number of hydrogen-bond acceptors (Lipinski definition) is 3. The van der Waals surface area contributed by atoms with Gasteiger partial charge in [-0.05, 0) is 42.3 Å². The molecule has 0 bridgehead atoms. The Bertz CT molecular complexity index is 858. The van der Waals surface area contributed by atoms with E-state index in [0.717, 1.165) is 16.7 Å². The van der Waals surface area contributed by atoms with Gasteiger partial charge in [0, 0.05) is 19.3 Å². The van der Waals surface area contributed by atoms with Crippen molar-refractivity contribution in [1.29, 1.82) is 0 Å². The summed E-state index contributed by atoms with van der Waals surface area (Å²) < 4.78 is 27.4. The molecule has 3 rings (SSSR count). The van der Waals surface area contributed by atoms with Crippen molar-refractivity contribution in [2.75, 3.05) is 11.8 Å². The summed E-state index contributed by atoms with van der Waals surface area (Å²) in [7, 11) is -1.87. The molecular formula is C17H18N2O3S. The quantitative estimate of drug-likeness (QED) is 0.939. The highest BCUT2D eigenvalue weighted by Crippen LogP contribution is 2.24. The van der Waals surface area contributed by atoms with Crippen LogP contribution in [0.1, 0.15) is 16.7 Å². The van der Waals surface area contributed by atoms with Gasteiger partial charge in [0.1, 0.15) is 0 Å². The molecule has 0 spiro atoms. The van der Waals surface area contributed by atoms with Gasteiger partial charge in [-0.2, -0.15) is 0 Å². The van der Waals surface area contributed by atoms with Gasteiger partial charge in [0.25, 0.3) is 10.0 Å². The maximum Gasteiger partial charge on any atom is 0.261 e. The van der Waals surface area contributed by atoms with Gasteiger partial charge >= 0.3 is 0 Å². The van der Waals surface area contributed by atoms with E-state index in [1.165, 1.54) is 0 Å². The first-order valence-corrected chi connectivity index (χ1v) is 8.79. The van der Waals surface area contributed by atoms with Crippen molar-refractivity contribution in [2.24, 2.45) is 0 Å². The summed E-state index contributed by atoms with van der Waals surface area (Å²) in [5.74, 6) is 0.0745. The molecule has 0 saturated heterocycles. The van der Waals surface area contributed by atoms with Gasteiger partial charge in [0.15, 0.2) is 0 Å². The molecule has 2 aromatic carbocycles. The van der Waals surface area contributed by atoms with Gasteiger partial charge in [-0.15, -0.1) is 0 Å². The third kappa shape index (κ3) is 3.22. The lowest BCUT2D eigenvalue weighted by Gasteiger charge is -2.25. The van der Waals surface area contributed by atoms with Crippen LogP contribution in [0.4, 0.5) is 5.69 Å². The van der Waals surface area contributed by atoms with E-state index in [9.17, 15) is 13.2 Å². The van der Waals surface area contributed by atoms with Crippen LogP contribution in [0.2, 0.25) is 0 Å². The number of carbonyl (C=O) groups excluding carboxylic acids is 1. The van der Waals surface area contributed by atoms with Crippen LogP contribution in [0.3, 0.4) is 0 Å². The van der Waals surface area contributed by atoms with Crippen molar-refractivity contribution >= 4 is 21.6 Å². The van der Waals surface area contributed by atoms with E-state index >= 15 is 0 Å². The summed E-state index contributed by atoms with van der Waals surface area (Å²) in [5, 5.41) is 0. The number of rotatable bonds is 3.